The Morgan fingerprint density at radius 3 is 2.59 bits per heavy atom. The lowest BCUT2D eigenvalue weighted by atomic mass is 10.2. The van der Waals surface area contributed by atoms with Crippen LogP contribution >= 0.6 is 0 Å². The molecule has 0 bridgehead atoms. The Hall–Kier alpha value is -1.93. The number of rotatable bonds is 4. The summed E-state index contributed by atoms with van der Waals surface area (Å²) < 4.78 is 37.0. The Morgan fingerprint density at radius 1 is 1.27 bits per heavy atom. The highest BCUT2D eigenvalue weighted by atomic mass is 32.2. The lowest BCUT2D eigenvalue weighted by Gasteiger charge is -2.16. The molecule has 3 rings (SSSR count). The van der Waals surface area contributed by atoms with Gasteiger partial charge in [-0.2, -0.15) is 9.29 Å². The summed E-state index contributed by atoms with van der Waals surface area (Å²) in [7, 11) is -1.98. The van der Waals surface area contributed by atoms with Crippen LogP contribution in [0.2, 0.25) is 0 Å². The van der Waals surface area contributed by atoms with Crippen molar-refractivity contribution in [1.82, 2.24) is 14.4 Å². The van der Waals surface area contributed by atoms with Gasteiger partial charge in [-0.15, -0.1) is 0 Å². The Labute approximate surface area is 128 Å². The van der Waals surface area contributed by atoms with E-state index in [1.807, 2.05) is 0 Å². The topological polar surface area (TPSA) is 85.5 Å². The molecule has 1 aromatic carbocycles. The second-order valence-corrected chi connectivity index (χ2v) is 7.05. The minimum absolute atomic E-state index is 0.215. The van der Waals surface area contributed by atoms with E-state index in [2.05, 4.69) is 10.1 Å². The molecule has 22 heavy (non-hydrogen) atoms. The van der Waals surface area contributed by atoms with Crippen molar-refractivity contribution in [3.63, 3.8) is 0 Å². The Bertz CT molecular complexity index is 779. The largest absolute Gasteiger partial charge is 0.496 e. The molecule has 1 aliphatic rings. The molecule has 0 spiro atoms. The molecular formula is C14H17N3O4S. The van der Waals surface area contributed by atoms with Crippen molar-refractivity contribution in [3.05, 3.63) is 24.1 Å². The SMILES string of the molecule is COc1ccc(S(=O)(=O)N2CCCC2)cc1-c1noc(C)n1. The van der Waals surface area contributed by atoms with Crippen LogP contribution in [-0.2, 0) is 10.0 Å². The maximum Gasteiger partial charge on any atom is 0.243 e. The average Bonchev–Trinajstić information content (AvgIpc) is 3.18. The minimum Gasteiger partial charge on any atom is -0.496 e. The lowest BCUT2D eigenvalue weighted by Crippen LogP contribution is -2.27. The van der Waals surface area contributed by atoms with Crippen molar-refractivity contribution in [1.29, 1.82) is 0 Å². The molecule has 0 amide bonds. The molecule has 0 radical (unpaired) electrons. The van der Waals surface area contributed by atoms with E-state index >= 15 is 0 Å². The number of aryl methyl sites for hydroxylation is 1. The van der Waals surface area contributed by atoms with Gasteiger partial charge in [0.2, 0.25) is 21.7 Å². The highest BCUT2D eigenvalue weighted by molar-refractivity contribution is 7.89. The first-order valence-corrected chi connectivity index (χ1v) is 8.45. The fourth-order valence-corrected chi connectivity index (χ4v) is 4.05. The molecule has 7 nitrogen and oxygen atoms in total. The van der Waals surface area contributed by atoms with Crippen LogP contribution in [-0.4, -0.2) is 43.1 Å². The molecule has 0 N–H and O–H groups in total. The van der Waals surface area contributed by atoms with Gasteiger partial charge in [-0.05, 0) is 31.0 Å². The Morgan fingerprint density at radius 2 is 2.00 bits per heavy atom. The number of methoxy groups -OCH3 is 1. The minimum atomic E-state index is -3.50. The van der Waals surface area contributed by atoms with Gasteiger partial charge in [0.15, 0.2) is 0 Å². The number of nitrogens with zero attached hydrogens (tertiary/aromatic N) is 3. The molecule has 2 heterocycles. The molecule has 118 valence electrons. The van der Waals surface area contributed by atoms with Crippen LogP contribution < -0.4 is 4.74 Å². The van der Waals surface area contributed by atoms with E-state index in [1.165, 1.54) is 17.5 Å². The zero-order valence-corrected chi connectivity index (χ0v) is 13.3. The van der Waals surface area contributed by atoms with E-state index in [0.717, 1.165) is 12.8 Å². The van der Waals surface area contributed by atoms with E-state index in [9.17, 15) is 8.42 Å². The molecule has 0 saturated carbocycles. The number of sulfonamides is 1. The van der Waals surface area contributed by atoms with E-state index in [1.54, 1.807) is 19.1 Å². The first kappa shape index (κ1) is 15.0. The molecule has 2 aromatic rings. The van der Waals surface area contributed by atoms with Gasteiger partial charge < -0.3 is 9.26 Å². The number of hydrogen-bond acceptors (Lipinski definition) is 6. The smallest absolute Gasteiger partial charge is 0.243 e. The van der Waals surface area contributed by atoms with Crippen molar-refractivity contribution in [2.24, 2.45) is 0 Å². The van der Waals surface area contributed by atoms with Crippen molar-refractivity contribution in [2.75, 3.05) is 20.2 Å². The molecule has 1 aromatic heterocycles. The third kappa shape index (κ3) is 2.59. The summed E-state index contributed by atoms with van der Waals surface area (Å²) in [6.45, 7) is 2.80. The first-order chi connectivity index (χ1) is 10.5. The maximum absolute atomic E-state index is 12.6. The quantitative estimate of drug-likeness (QED) is 0.853. The number of ether oxygens (including phenoxy) is 1. The predicted molar refractivity (Wildman–Crippen MR) is 79.0 cm³/mol. The summed E-state index contributed by atoms with van der Waals surface area (Å²) in [5.41, 5.74) is 0.500. The summed E-state index contributed by atoms with van der Waals surface area (Å²) >= 11 is 0. The average molecular weight is 323 g/mol. The van der Waals surface area contributed by atoms with Gasteiger partial charge in [0.05, 0.1) is 17.6 Å². The summed E-state index contributed by atoms with van der Waals surface area (Å²) in [5.74, 6) is 1.22. The lowest BCUT2D eigenvalue weighted by molar-refractivity contribution is 0.392. The van der Waals surface area contributed by atoms with Crippen LogP contribution in [0.1, 0.15) is 18.7 Å². The highest BCUT2D eigenvalue weighted by Gasteiger charge is 2.28. The van der Waals surface area contributed by atoms with Gasteiger partial charge in [-0.3, -0.25) is 0 Å². The van der Waals surface area contributed by atoms with Crippen LogP contribution in [0.15, 0.2) is 27.6 Å². The van der Waals surface area contributed by atoms with Gasteiger partial charge in [0, 0.05) is 20.0 Å². The van der Waals surface area contributed by atoms with Crippen molar-refractivity contribution in [3.8, 4) is 17.1 Å². The molecule has 0 atom stereocenters. The molecule has 1 saturated heterocycles. The van der Waals surface area contributed by atoms with Crippen molar-refractivity contribution in [2.45, 2.75) is 24.7 Å². The van der Waals surface area contributed by atoms with E-state index in [-0.39, 0.29) is 4.90 Å². The summed E-state index contributed by atoms with van der Waals surface area (Å²) in [5, 5.41) is 3.84. The number of aromatic nitrogens is 2. The third-order valence-electron chi connectivity index (χ3n) is 3.64. The van der Waals surface area contributed by atoms with Gasteiger partial charge in [0.1, 0.15) is 5.75 Å². The summed E-state index contributed by atoms with van der Waals surface area (Å²) in [6, 6.07) is 4.70. The first-order valence-electron chi connectivity index (χ1n) is 7.01. The monoisotopic (exact) mass is 323 g/mol. The second kappa shape index (κ2) is 5.69. The van der Waals surface area contributed by atoms with Crippen LogP contribution in [0.25, 0.3) is 11.4 Å². The molecule has 0 aliphatic carbocycles. The summed E-state index contributed by atoms with van der Waals surface area (Å²) in [4.78, 5) is 4.36. The van der Waals surface area contributed by atoms with Crippen molar-refractivity contribution < 1.29 is 17.7 Å². The molecule has 0 unspecified atom stereocenters. The van der Waals surface area contributed by atoms with Gasteiger partial charge in [0.25, 0.3) is 0 Å². The summed E-state index contributed by atoms with van der Waals surface area (Å²) in [6.07, 6.45) is 1.79. The van der Waals surface area contributed by atoms with Crippen molar-refractivity contribution >= 4 is 10.0 Å². The number of hydrogen-bond donors (Lipinski definition) is 0. The predicted octanol–water partition coefficient (Wildman–Crippen LogP) is 1.84. The van der Waals surface area contributed by atoms with Crippen LogP contribution in [0.5, 0.6) is 5.75 Å². The van der Waals surface area contributed by atoms with Gasteiger partial charge in [-0.25, -0.2) is 8.42 Å². The van der Waals surface area contributed by atoms with E-state index in [0.29, 0.717) is 36.1 Å². The molecule has 8 heteroatoms. The molecular weight excluding hydrogens is 306 g/mol. The standard InChI is InChI=1S/C14H17N3O4S/c1-10-15-14(16-21-10)12-9-11(5-6-13(12)20-2)22(18,19)17-7-3-4-8-17/h5-6,9H,3-4,7-8H2,1-2H3. The fraction of sp³-hybridized carbons (Fsp3) is 0.429. The van der Waals surface area contributed by atoms with Crippen LogP contribution in [0.3, 0.4) is 0 Å². The highest BCUT2D eigenvalue weighted by Crippen LogP contribution is 2.32. The van der Waals surface area contributed by atoms with Gasteiger partial charge >= 0.3 is 0 Å². The van der Waals surface area contributed by atoms with E-state index < -0.39 is 10.0 Å². The normalized spacial score (nSPS) is 16.1. The Balaban J connectivity index is 2.07. The zero-order valence-electron chi connectivity index (χ0n) is 12.4. The third-order valence-corrected chi connectivity index (χ3v) is 5.54. The number of benzene rings is 1. The Kier molecular flexibility index (Phi) is 3.88. The molecule has 1 aliphatic heterocycles. The maximum atomic E-state index is 12.6. The zero-order chi connectivity index (χ0) is 15.7. The van der Waals surface area contributed by atoms with Gasteiger partial charge in [-0.1, -0.05) is 5.16 Å². The van der Waals surface area contributed by atoms with Crippen LogP contribution in [0.4, 0.5) is 0 Å². The van der Waals surface area contributed by atoms with Crippen LogP contribution in [0, 0.1) is 6.92 Å². The molecule has 1 fully saturated rings. The second-order valence-electron chi connectivity index (χ2n) is 5.11. The van der Waals surface area contributed by atoms with E-state index in [4.69, 9.17) is 9.26 Å². The fourth-order valence-electron chi connectivity index (χ4n) is 2.51.